The molecule has 0 radical (unpaired) electrons. The molecule has 0 saturated carbocycles. The van der Waals surface area contributed by atoms with Crippen molar-refractivity contribution in [2.45, 2.75) is 32.8 Å². The summed E-state index contributed by atoms with van der Waals surface area (Å²) in [4.78, 5) is 23.1. The molecule has 0 spiro atoms. The van der Waals surface area contributed by atoms with Crippen LogP contribution in [0.2, 0.25) is 0 Å². The van der Waals surface area contributed by atoms with Crippen LogP contribution in [0.5, 0.6) is 5.75 Å². The van der Waals surface area contributed by atoms with E-state index in [4.69, 9.17) is 9.84 Å². The Bertz CT molecular complexity index is 808. The zero-order valence-electron chi connectivity index (χ0n) is 15.9. The minimum absolute atomic E-state index is 0.125. The fraction of sp³-hybridized carbons (Fsp3) is 0.273. The van der Waals surface area contributed by atoms with Gasteiger partial charge in [-0.1, -0.05) is 42.5 Å². The van der Waals surface area contributed by atoms with Gasteiger partial charge in [-0.2, -0.15) is 0 Å². The van der Waals surface area contributed by atoms with Crippen molar-refractivity contribution in [2.75, 3.05) is 6.54 Å². The number of carbonyl (C=O) groups is 2. The van der Waals surface area contributed by atoms with E-state index in [1.807, 2.05) is 49.4 Å². The van der Waals surface area contributed by atoms with E-state index in [1.165, 1.54) is 13.8 Å². The number of rotatable bonds is 8. The molecule has 2 rings (SSSR count). The molecule has 5 heteroatoms. The Labute approximate surface area is 159 Å². The zero-order chi connectivity index (χ0) is 19.9. The molecule has 142 valence electrons. The van der Waals surface area contributed by atoms with Crippen molar-refractivity contribution in [3.8, 4) is 5.75 Å². The predicted molar refractivity (Wildman–Crippen MR) is 106 cm³/mol. The largest absolute Gasteiger partial charge is 0.478 e. The highest BCUT2D eigenvalue weighted by Gasteiger charge is 2.29. The third kappa shape index (κ3) is 6.29. The summed E-state index contributed by atoms with van der Waals surface area (Å²) in [7, 11) is 0. The molecule has 2 N–H and O–H groups in total. The van der Waals surface area contributed by atoms with E-state index in [1.54, 1.807) is 18.2 Å². The summed E-state index contributed by atoms with van der Waals surface area (Å²) in [6.45, 7) is 5.43. The van der Waals surface area contributed by atoms with Gasteiger partial charge in [0.25, 0.3) is 0 Å². The Morgan fingerprint density at radius 3 is 2.30 bits per heavy atom. The molecule has 27 heavy (non-hydrogen) atoms. The molecule has 0 aliphatic carbocycles. The Kier molecular flexibility index (Phi) is 6.77. The number of carboxylic acid groups (broad SMARTS) is 1. The molecule has 0 aromatic heterocycles. The van der Waals surface area contributed by atoms with Crippen LogP contribution in [-0.4, -0.2) is 29.1 Å². The quantitative estimate of drug-likeness (QED) is 0.698. The molecular formula is C22H25NO4. The van der Waals surface area contributed by atoms with Gasteiger partial charge in [-0.3, -0.25) is 4.79 Å². The van der Waals surface area contributed by atoms with Crippen molar-refractivity contribution < 1.29 is 19.4 Å². The van der Waals surface area contributed by atoms with Crippen molar-refractivity contribution in [1.29, 1.82) is 0 Å². The molecule has 5 nitrogen and oxygen atoms in total. The van der Waals surface area contributed by atoms with E-state index in [0.717, 1.165) is 16.7 Å². The van der Waals surface area contributed by atoms with Gasteiger partial charge in [0.05, 0.1) is 0 Å². The molecule has 0 unspecified atom stereocenters. The van der Waals surface area contributed by atoms with Crippen LogP contribution < -0.4 is 10.1 Å². The van der Waals surface area contributed by atoms with Crippen LogP contribution in [-0.2, 0) is 16.0 Å². The van der Waals surface area contributed by atoms with Crippen molar-refractivity contribution in [3.63, 3.8) is 0 Å². The Balaban J connectivity index is 1.83. The smallest absolute Gasteiger partial charge is 0.347 e. The SMILES string of the molecule is CC(=CC(=O)NCCc1ccc(OC(C)(C)C(=O)O)cc1)c1ccccc1. The number of amides is 1. The maximum Gasteiger partial charge on any atom is 0.347 e. The molecule has 0 bridgehead atoms. The second-order valence-corrected chi connectivity index (χ2v) is 6.80. The van der Waals surface area contributed by atoms with Gasteiger partial charge in [-0.05, 0) is 56.0 Å². The molecular weight excluding hydrogens is 342 g/mol. The van der Waals surface area contributed by atoms with Crippen molar-refractivity contribution in [2.24, 2.45) is 0 Å². The number of aliphatic carboxylic acids is 1. The zero-order valence-corrected chi connectivity index (χ0v) is 15.9. The van der Waals surface area contributed by atoms with Crippen molar-refractivity contribution in [3.05, 3.63) is 71.8 Å². The predicted octanol–water partition coefficient (Wildman–Crippen LogP) is 3.69. The molecule has 0 heterocycles. The summed E-state index contributed by atoms with van der Waals surface area (Å²) in [5.74, 6) is -0.649. The van der Waals surface area contributed by atoms with Gasteiger partial charge < -0.3 is 15.2 Å². The second-order valence-electron chi connectivity index (χ2n) is 6.80. The highest BCUT2D eigenvalue weighted by molar-refractivity contribution is 5.94. The Hall–Kier alpha value is -3.08. The minimum atomic E-state index is -1.28. The molecule has 2 aromatic carbocycles. The first-order chi connectivity index (χ1) is 12.8. The van der Waals surface area contributed by atoms with E-state index in [-0.39, 0.29) is 5.91 Å². The normalized spacial score (nSPS) is 11.7. The van der Waals surface area contributed by atoms with Gasteiger partial charge >= 0.3 is 5.97 Å². The van der Waals surface area contributed by atoms with E-state index in [2.05, 4.69) is 5.32 Å². The van der Waals surface area contributed by atoms with Gasteiger partial charge in [0.2, 0.25) is 5.91 Å². The van der Waals surface area contributed by atoms with Gasteiger partial charge in [0.15, 0.2) is 5.60 Å². The number of benzene rings is 2. The monoisotopic (exact) mass is 367 g/mol. The summed E-state index contributed by atoms with van der Waals surface area (Å²) in [6.07, 6.45) is 2.27. The van der Waals surface area contributed by atoms with Crippen LogP contribution >= 0.6 is 0 Å². The Morgan fingerprint density at radius 2 is 1.70 bits per heavy atom. The maximum absolute atomic E-state index is 12.0. The first kappa shape index (κ1) is 20.2. The number of hydrogen-bond donors (Lipinski definition) is 2. The molecule has 2 aromatic rings. The summed E-state index contributed by atoms with van der Waals surface area (Å²) < 4.78 is 5.47. The molecule has 0 fully saturated rings. The first-order valence-corrected chi connectivity index (χ1v) is 8.81. The molecule has 0 atom stereocenters. The summed E-state index contributed by atoms with van der Waals surface area (Å²) >= 11 is 0. The maximum atomic E-state index is 12.0. The van der Waals surface area contributed by atoms with E-state index in [0.29, 0.717) is 18.7 Å². The first-order valence-electron chi connectivity index (χ1n) is 8.81. The number of hydrogen-bond acceptors (Lipinski definition) is 3. The molecule has 0 aliphatic heterocycles. The highest BCUT2D eigenvalue weighted by Crippen LogP contribution is 2.19. The number of nitrogens with one attached hydrogen (secondary N) is 1. The lowest BCUT2D eigenvalue weighted by Gasteiger charge is -2.21. The van der Waals surface area contributed by atoms with Gasteiger partial charge in [0, 0.05) is 12.6 Å². The average molecular weight is 367 g/mol. The number of ether oxygens (including phenoxy) is 1. The van der Waals surface area contributed by atoms with Crippen molar-refractivity contribution >= 4 is 17.4 Å². The van der Waals surface area contributed by atoms with Crippen molar-refractivity contribution in [1.82, 2.24) is 5.32 Å². The summed E-state index contributed by atoms with van der Waals surface area (Å²) in [5, 5.41) is 12.0. The van der Waals surface area contributed by atoms with Crippen LogP contribution in [0.1, 0.15) is 31.9 Å². The van der Waals surface area contributed by atoms with Crippen LogP contribution in [0.25, 0.3) is 5.57 Å². The number of carboxylic acids is 1. The van der Waals surface area contributed by atoms with Crippen LogP contribution in [0.4, 0.5) is 0 Å². The van der Waals surface area contributed by atoms with E-state index in [9.17, 15) is 9.59 Å². The van der Waals surface area contributed by atoms with E-state index >= 15 is 0 Å². The lowest BCUT2D eigenvalue weighted by atomic mass is 10.1. The fourth-order valence-electron chi connectivity index (χ4n) is 2.42. The lowest BCUT2D eigenvalue weighted by Crippen LogP contribution is -2.37. The Morgan fingerprint density at radius 1 is 1.07 bits per heavy atom. The summed E-state index contributed by atoms with van der Waals surface area (Å²) in [5.41, 5.74) is 1.68. The van der Waals surface area contributed by atoms with E-state index < -0.39 is 11.6 Å². The van der Waals surface area contributed by atoms with Gasteiger partial charge in [0.1, 0.15) is 5.75 Å². The van der Waals surface area contributed by atoms with Crippen LogP contribution in [0.3, 0.4) is 0 Å². The molecule has 0 saturated heterocycles. The lowest BCUT2D eigenvalue weighted by molar-refractivity contribution is -0.152. The second kappa shape index (κ2) is 9.03. The number of allylic oxidation sites excluding steroid dienone is 1. The minimum Gasteiger partial charge on any atom is -0.478 e. The van der Waals surface area contributed by atoms with Gasteiger partial charge in [-0.25, -0.2) is 4.79 Å². The third-order valence-corrected chi connectivity index (χ3v) is 4.10. The van der Waals surface area contributed by atoms with Crippen LogP contribution in [0.15, 0.2) is 60.7 Å². The summed E-state index contributed by atoms with van der Waals surface area (Å²) in [6, 6.07) is 17.0. The number of carbonyl (C=O) groups excluding carboxylic acids is 1. The average Bonchev–Trinajstić information content (AvgIpc) is 2.63. The standard InChI is InChI=1S/C22H25NO4/c1-16(18-7-5-4-6-8-18)15-20(24)23-14-13-17-9-11-19(12-10-17)27-22(2,3)21(25)26/h4-12,15H,13-14H2,1-3H3,(H,23,24)(H,25,26). The topological polar surface area (TPSA) is 75.6 Å². The fourth-order valence-corrected chi connectivity index (χ4v) is 2.42. The van der Waals surface area contributed by atoms with Crippen LogP contribution in [0, 0.1) is 0 Å². The van der Waals surface area contributed by atoms with Gasteiger partial charge in [-0.15, -0.1) is 0 Å². The molecule has 1 amide bonds. The molecule has 0 aliphatic rings. The third-order valence-electron chi connectivity index (χ3n) is 4.10. The highest BCUT2D eigenvalue weighted by atomic mass is 16.5.